The molecule has 1 aromatic carbocycles. The van der Waals surface area contributed by atoms with Crippen LogP contribution in [0.25, 0.3) is 0 Å². The van der Waals surface area contributed by atoms with Gasteiger partial charge in [0.15, 0.2) is 0 Å². The lowest BCUT2D eigenvalue weighted by molar-refractivity contribution is -0.120. The molecule has 0 bridgehead atoms. The van der Waals surface area contributed by atoms with Gasteiger partial charge in [0.05, 0.1) is 24.3 Å². The van der Waals surface area contributed by atoms with E-state index in [0.29, 0.717) is 6.61 Å². The molecule has 0 amide bonds. The molecule has 3 nitrogen and oxygen atoms in total. The van der Waals surface area contributed by atoms with Gasteiger partial charge >= 0.3 is 0 Å². The van der Waals surface area contributed by atoms with Crippen molar-refractivity contribution in [1.82, 2.24) is 0 Å². The summed E-state index contributed by atoms with van der Waals surface area (Å²) < 4.78 is 12.3. The summed E-state index contributed by atoms with van der Waals surface area (Å²) in [7, 11) is 0. The number of ether oxygens (including phenoxy) is 2. The van der Waals surface area contributed by atoms with Gasteiger partial charge in [-0.05, 0) is 46.5 Å². The van der Waals surface area contributed by atoms with Crippen molar-refractivity contribution >= 4 is 15.9 Å². The molecule has 0 aromatic heterocycles. The summed E-state index contributed by atoms with van der Waals surface area (Å²) in [5.74, 6) is 0.914. The molecule has 1 aromatic rings. The highest BCUT2D eigenvalue weighted by Crippen LogP contribution is 2.42. The Labute approximate surface area is 135 Å². The summed E-state index contributed by atoms with van der Waals surface area (Å²) in [6.07, 6.45) is 4.97. The van der Waals surface area contributed by atoms with E-state index in [4.69, 9.17) is 15.2 Å². The van der Waals surface area contributed by atoms with Crippen LogP contribution < -0.4 is 10.5 Å². The number of hydrogen-bond donors (Lipinski definition) is 1. The summed E-state index contributed by atoms with van der Waals surface area (Å²) in [6.45, 7) is 5.21. The molecule has 3 rings (SSSR count). The van der Waals surface area contributed by atoms with Gasteiger partial charge in [-0.2, -0.15) is 0 Å². The summed E-state index contributed by atoms with van der Waals surface area (Å²) in [4.78, 5) is 0. The smallest absolute Gasteiger partial charge is 0.133 e. The zero-order valence-electron chi connectivity index (χ0n) is 12.7. The van der Waals surface area contributed by atoms with E-state index in [-0.39, 0.29) is 10.8 Å². The van der Waals surface area contributed by atoms with Crippen molar-refractivity contribution in [3.63, 3.8) is 0 Å². The molecule has 0 spiro atoms. The van der Waals surface area contributed by atoms with E-state index < -0.39 is 0 Å². The molecule has 2 aliphatic rings. The highest BCUT2D eigenvalue weighted by molar-refractivity contribution is 9.10. The first-order valence-electron chi connectivity index (χ1n) is 7.78. The fourth-order valence-electron chi connectivity index (χ4n) is 3.40. The van der Waals surface area contributed by atoms with Crippen LogP contribution in [0.4, 0.5) is 0 Å². The molecule has 1 saturated heterocycles. The van der Waals surface area contributed by atoms with Gasteiger partial charge in [0, 0.05) is 17.4 Å². The van der Waals surface area contributed by atoms with Crippen LogP contribution >= 0.6 is 15.9 Å². The molecular weight excluding hydrogens is 330 g/mol. The van der Waals surface area contributed by atoms with Gasteiger partial charge in [-0.1, -0.05) is 25.8 Å². The molecule has 0 radical (unpaired) electrons. The van der Waals surface area contributed by atoms with Crippen molar-refractivity contribution < 1.29 is 9.47 Å². The van der Waals surface area contributed by atoms with E-state index in [1.54, 1.807) is 0 Å². The lowest BCUT2D eigenvalue weighted by atomic mass is 9.79. The van der Waals surface area contributed by atoms with Gasteiger partial charge in [-0.25, -0.2) is 0 Å². The number of benzene rings is 1. The van der Waals surface area contributed by atoms with Crippen LogP contribution in [0.15, 0.2) is 22.7 Å². The van der Waals surface area contributed by atoms with Crippen LogP contribution in [-0.4, -0.2) is 26.4 Å². The van der Waals surface area contributed by atoms with Gasteiger partial charge in [0.25, 0.3) is 0 Å². The van der Waals surface area contributed by atoms with Gasteiger partial charge in [0.1, 0.15) is 5.75 Å². The van der Waals surface area contributed by atoms with Crippen LogP contribution in [0.5, 0.6) is 5.75 Å². The van der Waals surface area contributed by atoms with E-state index in [2.05, 4.69) is 41.1 Å². The van der Waals surface area contributed by atoms with Gasteiger partial charge < -0.3 is 15.2 Å². The van der Waals surface area contributed by atoms with E-state index in [9.17, 15) is 0 Å². The minimum Gasteiger partial charge on any atom is -0.492 e. The Hall–Kier alpha value is -0.580. The molecule has 1 aliphatic heterocycles. The SMILES string of the molecule is CC1(COc2ccc(C3(CN)CCCC3)cc2Br)COC1. The maximum atomic E-state index is 6.07. The highest BCUT2D eigenvalue weighted by Gasteiger charge is 2.36. The van der Waals surface area contributed by atoms with Gasteiger partial charge in [-0.3, -0.25) is 0 Å². The standard InChI is InChI=1S/C17H24BrNO2/c1-16(10-20-11-16)12-21-15-5-4-13(8-14(15)18)17(9-19)6-2-3-7-17/h4-5,8H,2-3,6-7,9-12,19H2,1H3. The Morgan fingerprint density at radius 3 is 2.52 bits per heavy atom. The Kier molecular flexibility index (Phi) is 4.30. The second kappa shape index (κ2) is 5.90. The zero-order chi connectivity index (χ0) is 14.9. The monoisotopic (exact) mass is 353 g/mol. The van der Waals surface area contributed by atoms with E-state index in [0.717, 1.165) is 30.0 Å². The number of rotatable bonds is 5. The molecule has 1 saturated carbocycles. The lowest BCUT2D eigenvalue weighted by Gasteiger charge is -2.37. The predicted octanol–water partition coefficient (Wildman–Crippen LogP) is 3.63. The van der Waals surface area contributed by atoms with Crippen molar-refractivity contribution in [2.45, 2.75) is 38.0 Å². The van der Waals surface area contributed by atoms with Crippen molar-refractivity contribution in [1.29, 1.82) is 0 Å². The maximum absolute atomic E-state index is 6.07. The first kappa shape index (κ1) is 15.3. The highest BCUT2D eigenvalue weighted by atomic mass is 79.9. The van der Waals surface area contributed by atoms with Crippen molar-refractivity contribution in [2.75, 3.05) is 26.4 Å². The summed E-state index contributed by atoms with van der Waals surface area (Å²) >= 11 is 3.66. The van der Waals surface area contributed by atoms with E-state index in [1.807, 2.05) is 0 Å². The third-order valence-electron chi connectivity index (χ3n) is 4.97. The van der Waals surface area contributed by atoms with Crippen molar-refractivity contribution in [3.05, 3.63) is 28.2 Å². The fourth-order valence-corrected chi connectivity index (χ4v) is 3.89. The zero-order valence-corrected chi connectivity index (χ0v) is 14.2. The quantitative estimate of drug-likeness (QED) is 0.878. The third-order valence-corrected chi connectivity index (χ3v) is 5.59. The molecule has 21 heavy (non-hydrogen) atoms. The molecule has 1 aliphatic carbocycles. The number of halogens is 1. The van der Waals surface area contributed by atoms with E-state index in [1.165, 1.54) is 31.2 Å². The molecule has 0 atom stereocenters. The molecule has 1 heterocycles. The number of nitrogens with two attached hydrogens (primary N) is 1. The van der Waals surface area contributed by atoms with Crippen LogP contribution in [0.1, 0.15) is 38.2 Å². The average Bonchev–Trinajstić information content (AvgIpc) is 2.94. The van der Waals surface area contributed by atoms with Crippen LogP contribution in [0, 0.1) is 5.41 Å². The van der Waals surface area contributed by atoms with Crippen molar-refractivity contribution in [3.8, 4) is 5.75 Å². The predicted molar refractivity (Wildman–Crippen MR) is 87.8 cm³/mol. The largest absolute Gasteiger partial charge is 0.492 e. The molecule has 4 heteroatoms. The first-order valence-corrected chi connectivity index (χ1v) is 8.57. The second-order valence-corrected chi connectivity index (χ2v) is 7.78. The Bertz CT molecular complexity index is 508. The topological polar surface area (TPSA) is 44.5 Å². The molecule has 2 fully saturated rings. The second-order valence-electron chi connectivity index (χ2n) is 6.93. The Morgan fingerprint density at radius 1 is 1.29 bits per heavy atom. The summed E-state index contributed by atoms with van der Waals surface area (Å²) in [6, 6.07) is 6.48. The van der Waals surface area contributed by atoms with Crippen LogP contribution in [-0.2, 0) is 10.2 Å². The van der Waals surface area contributed by atoms with Crippen LogP contribution in [0.2, 0.25) is 0 Å². The minimum atomic E-state index is 0.169. The van der Waals surface area contributed by atoms with Gasteiger partial charge in [0.2, 0.25) is 0 Å². The molecule has 2 N–H and O–H groups in total. The summed E-state index contributed by atoms with van der Waals surface area (Å²) in [5.41, 5.74) is 7.76. The molecule has 0 unspecified atom stereocenters. The normalized spacial score (nSPS) is 22.8. The third kappa shape index (κ3) is 2.99. The number of hydrogen-bond acceptors (Lipinski definition) is 3. The average molecular weight is 354 g/mol. The molecular formula is C17H24BrNO2. The molecule has 116 valence electrons. The minimum absolute atomic E-state index is 0.169. The lowest BCUT2D eigenvalue weighted by Crippen LogP contribution is -2.44. The van der Waals surface area contributed by atoms with Crippen LogP contribution in [0.3, 0.4) is 0 Å². The first-order chi connectivity index (χ1) is 10.1. The van der Waals surface area contributed by atoms with Gasteiger partial charge in [-0.15, -0.1) is 0 Å². The maximum Gasteiger partial charge on any atom is 0.133 e. The van der Waals surface area contributed by atoms with Crippen molar-refractivity contribution in [2.24, 2.45) is 11.1 Å². The van der Waals surface area contributed by atoms with E-state index >= 15 is 0 Å². The Balaban J connectivity index is 1.73. The fraction of sp³-hybridized carbons (Fsp3) is 0.647. The Morgan fingerprint density at radius 2 is 2.00 bits per heavy atom. The summed E-state index contributed by atoms with van der Waals surface area (Å²) in [5, 5.41) is 0.